The fourth-order valence-electron chi connectivity index (χ4n) is 3.61. The van der Waals surface area contributed by atoms with E-state index in [-0.39, 0.29) is 24.2 Å². The molecule has 1 aliphatic rings. The van der Waals surface area contributed by atoms with E-state index in [4.69, 9.17) is 0 Å². The number of halogens is 1. The predicted molar refractivity (Wildman–Crippen MR) is 113 cm³/mol. The molecule has 0 aromatic heterocycles. The molecule has 1 aromatic carbocycles. The van der Waals surface area contributed by atoms with Crippen LogP contribution in [0.25, 0.3) is 0 Å². The number of anilines is 1. The minimum absolute atomic E-state index is 0. The van der Waals surface area contributed by atoms with Gasteiger partial charge in [0.1, 0.15) is 6.04 Å². The zero-order valence-electron chi connectivity index (χ0n) is 16.7. The van der Waals surface area contributed by atoms with Crippen LogP contribution in [0.2, 0.25) is 0 Å². The van der Waals surface area contributed by atoms with Crippen LogP contribution in [0.15, 0.2) is 30.3 Å². The average molecular weight is 396 g/mol. The van der Waals surface area contributed by atoms with Crippen molar-refractivity contribution >= 4 is 29.9 Å². The first kappa shape index (κ1) is 23.4. The van der Waals surface area contributed by atoms with Crippen LogP contribution in [0.3, 0.4) is 0 Å². The van der Waals surface area contributed by atoms with E-state index in [1.54, 1.807) is 4.90 Å². The van der Waals surface area contributed by atoms with Gasteiger partial charge in [-0.1, -0.05) is 32.0 Å². The summed E-state index contributed by atoms with van der Waals surface area (Å²) in [6.45, 7) is 8.70. The van der Waals surface area contributed by atoms with Crippen molar-refractivity contribution in [3.05, 3.63) is 30.3 Å². The van der Waals surface area contributed by atoms with E-state index in [2.05, 4.69) is 17.6 Å². The van der Waals surface area contributed by atoms with Gasteiger partial charge in [-0.05, 0) is 63.2 Å². The fourth-order valence-corrected chi connectivity index (χ4v) is 3.61. The Labute approximate surface area is 169 Å². The highest BCUT2D eigenvalue weighted by Gasteiger charge is 2.29. The van der Waals surface area contributed by atoms with Crippen molar-refractivity contribution in [3.8, 4) is 0 Å². The maximum atomic E-state index is 12.9. The summed E-state index contributed by atoms with van der Waals surface area (Å²) in [5.41, 5.74) is 0.759. The van der Waals surface area contributed by atoms with E-state index in [1.807, 2.05) is 44.2 Å². The third-order valence-electron chi connectivity index (χ3n) is 5.31. The van der Waals surface area contributed by atoms with E-state index in [1.165, 1.54) is 12.8 Å². The zero-order valence-corrected chi connectivity index (χ0v) is 17.6. The Morgan fingerprint density at radius 3 is 2.56 bits per heavy atom. The van der Waals surface area contributed by atoms with Crippen LogP contribution < -0.4 is 10.6 Å². The van der Waals surface area contributed by atoms with Crippen molar-refractivity contribution in [1.82, 2.24) is 10.2 Å². The normalized spacial score (nSPS) is 18.7. The van der Waals surface area contributed by atoms with Gasteiger partial charge in [0.15, 0.2) is 0 Å². The monoisotopic (exact) mass is 395 g/mol. The van der Waals surface area contributed by atoms with Gasteiger partial charge in [0, 0.05) is 18.7 Å². The first-order valence-corrected chi connectivity index (χ1v) is 9.89. The molecular weight excluding hydrogens is 362 g/mol. The minimum Gasteiger partial charge on any atom is -0.331 e. The fraction of sp³-hybridized carbons (Fsp3) is 0.619. The Bertz CT molecular complexity index is 576. The van der Waals surface area contributed by atoms with Crippen molar-refractivity contribution in [1.29, 1.82) is 0 Å². The van der Waals surface area contributed by atoms with E-state index in [0.717, 1.165) is 25.2 Å². The first-order valence-electron chi connectivity index (χ1n) is 9.89. The Morgan fingerprint density at radius 1 is 1.26 bits per heavy atom. The largest absolute Gasteiger partial charge is 0.331 e. The summed E-state index contributed by atoms with van der Waals surface area (Å²) in [7, 11) is 0. The van der Waals surface area contributed by atoms with Crippen molar-refractivity contribution in [2.75, 3.05) is 25.0 Å². The maximum Gasteiger partial charge on any atom is 0.246 e. The highest BCUT2D eigenvalue weighted by molar-refractivity contribution is 5.96. The quantitative estimate of drug-likeness (QED) is 0.705. The predicted octanol–water partition coefficient (Wildman–Crippen LogP) is 3.70. The highest BCUT2D eigenvalue weighted by Crippen LogP contribution is 2.24. The Hall–Kier alpha value is -1.59. The smallest absolute Gasteiger partial charge is 0.246 e. The van der Waals surface area contributed by atoms with Crippen molar-refractivity contribution in [2.24, 2.45) is 11.8 Å². The van der Waals surface area contributed by atoms with Gasteiger partial charge in [-0.2, -0.15) is 0 Å². The number of nitrogens with one attached hydrogen (secondary N) is 2. The van der Waals surface area contributed by atoms with Gasteiger partial charge >= 0.3 is 0 Å². The molecule has 27 heavy (non-hydrogen) atoms. The molecule has 0 aliphatic carbocycles. The molecule has 1 aliphatic heterocycles. The maximum absolute atomic E-state index is 12.9. The number of carbonyl (C=O) groups excluding carboxylic acids is 2. The van der Waals surface area contributed by atoms with Crippen LogP contribution in [-0.4, -0.2) is 42.4 Å². The second-order valence-corrected chi connectivity index (χ2v) is 7.41. The summed E-state index contributed by atoms with van der Waals surface area (Å²) in [6.07, 6.45) is 3.71. The second kappa shape index (κ2) is 12.0. The van der Waals surface area contributed by atoms with Crippen LogP contribution in [0.4, 0.5) is 5.69 Å². The molecule has 152 valence electrons. The Morgan fingerprint density at radius 2 is 1.96 bits per heavy atom. The molecule has 2 amide bonds. The lowest BCUT2D eigenvalue weighted by molar-refractivity contribution is -0.139. The van der Waals surface area contributed by atoms with Gasteiger partial charge in [0.05, 0.1) is 0 Å². The molecule has 0 spiro atoms. The number of piperidine rings is 1. The van der Waals surface area contributed by atoms with E-state index >= 15 is 0 Å². The molecule has 2 N–H and O–H groups in total. The van der Waals surface area contributed by atoms with Crippen LogP contribution in [0.5, 0.6) is 0 Å². The van der Waals surface area contributed by atoms with Crippen LogP contribution in [-0.2, 0) is 9.59 Å². The average Bonchev–Trinajstić information content (AvgIpc) is 2.66. The summed E-state index contributed by atoms with van der Waals surface area (Å²) in [6, 6.07) is 8.92. The lowest BCUT2D eigenvalue weighted by atomic mass is 9.85. The van der Waals surface area contributed by atoms with Gasteiger partial charge < -0.3 is 15.5 Å². The zero-order chi connectivity index (χ0) is 18.9. The van der Waals surface area contributed by atoms with Gasteiger partial charge in [-0.25, -0.2) is 0 Å². The summed E-state index contributed by atoms with van der Waals surface area (Å²) >= 11 is 0. The highest BCUT2D eigenvalue weighted by atomic mass is 35.5. The van der Waals surface area contributed by atoms with Crippen LogP contribution in [0, 0.1) is 11.8 Å². The molecule has 1 saturated heterocycles. The first-order chi connectivity index (χ1) is 12.5. The van der Waals surface area contributed by atoms with E-state index < -0.39 is 6.04 Å². The number of hydrogen-bond donors (Lipinski definition) is 2. The molecule has 1 fully saturated rings. The molecule has 0 bridgehead atoms. The van der Waals surface area contributed by atoms with Gasteiger partial charge in [-0.15, -0.1) is 12.4 Å². The summed E-state index contributed by atoms with van der Waals surface area (Å²) in [5, 5.41) is 6.33. The van der Waals surface area contributed by atoms with Crippen LogP contribution >= 0.6 is 12.4 Å². The minimum atomic E-state index is -0.473. The number of para-hydroxylation sites is 1. The standard InChI is InChI=1S/C21H33N3O2.ClH/c1-4-13-24(17(3)21(26)23-19-10-6-5-7-11-19)20(25)14-16(2)18-9-8-12-22-15-18;/h5-7,10-11,16-18,22H,4,8-9,12-15H2,1-3H3,(H,23,26);1H. The molecule has 1 aromatic rings. The summed E-state index contributed by atoms with van der Waals surface area (Å²) < 4.78 is 0. The molecule has 0 radical (unpaired) electrons. The summed E-state index contributed by atoms with van der Waals surface area (Å²) in [5.74, 6) is 0.828. The SMILES string of the molecule is CCCN(C(=O)CC(C)C1CCCNC1)C(C)C(=O)Nc1ccccc1.Cl. The van der Waals surface area contributed by atoms with Crippen molar-refractivity contribution in [2.45, 2.75) is 52.5 Å². The molecule has 0 saturated carbocycles. The Balaban J connectivity index is 0.00000364. The number of carbonyl (C=O) groups is 2. The topological polar surface area (TPSA) is 61.4 Å². The molecule has 5 nitrogen and oxygen atoms in total. The molecule has 1 heterocycles. The number of benzene rings is 1. The number of nitrogens with zero attached hydrogens (tertiary/aromatic N) is 1. The molecule has 6 heteroatoms. The second-order valence-electron chi connectivity index (χ2n) is 7.41. The van der Waals surface area contributed by atoms with Crippen LogP contribution in [0.1, 0.15) is 46.5 Å². The van der Waals surface area contributed by atoms with Gasteiger partial charge in [0.25, 0.3) is 0 Å². The summed E-state index contributed by atoms with van der Waals surface area (Å²) in [4.78, 5) is 27.3. The van der Waals surface area contributed by atoms with E-state index in [0.29, 0.717) is 24.8 Å². The third kappa shape index (κ3) is 7.15. The van der Waals surface area contributed by atoms with Gasteiger partial charge in [0.2, 0.25) is 11.8 Å². The molecule has 3 atom stereocenters. The van der Waals surface area contributed by atoms with Crippen molar-refractivity contribution < 1.29 is 9.59 Å². The molecule has 2 rings (SSSR count). The number of amides is 2. The Kier molecular flexibility index (Phi) is 10.4. The molecular formula is C21H34ClN3O2. The molecule has 3 unspecified atom stereocenters. The van der Waals surface area contributed by atoms with Gasteiger partial charge in [-0.3, -0.25) is 9.59 Å². The van der Waals surface area contributed by atoms with E-state index in [9.17, 15) is 9.59 Å². The number of rotatable bonds is 8. The van der Waals surface area contributed by atoms with Crippen molar-refractivity contribution in [3.63, 3.8) is 0 Å². The number of hydrogen-bond acceptors (Lipinski definition) is 3. The third-order valence-corrected chi connectivity index (χ3v) is 5.31. The lowest BCUT2D eigenvalue weighted by Crippen LogP contribution is -2.47. The lowest BCUT2D eigenvalue weighted by Gasteiger charge is -2.32.